The Kier molecular flexibility index (Phi) is 6.13. The van der Waals surface area contributed by atoms with Crippen LogP contribution in [-0.2, 0) is 0 Å². The molecule has 60 valence electrons. The van der Waals surface area contributed by atoms with Crippen LogP contribution in [0.25, 0.3) is 0 Å². The first-order chi connectivity index (χ1) is 4.68. The Balaban J connectivity index is 3.40. The summed E-state index contributed by atoms with van der Waals surface area (Å²) in [6.45, 7) is 1.99. The first-order valence-corrected chi connectivity index (χ1v) is 4.38. The summed E-state index contributed by atoms with van der Waals surface area (Å²) in [4.78, 5) is 0. The van der Waals surface area contributed by atoms with Crippen LogP contribution in [0.1, 0.15) is 19.8 Å². The van der Waals surface area contributed by atoms with Crippen LogP contribution in [0.15, 0.2) is 10.4 Å². The Hall–Kier alpha value is 0.240. The molecule has 0 aliphatic rings. The van der Waals surface area contributed by atoms with Gasteiger partial charge in [0.25, 0.3) is 0 Å². The summed E-state index contributed by atoms with van der Waals surface area (Å²) in [5.41, 5.74) is 0. The van der Waals surface area contributed by atoms with E-state index in [0.717, 1.165) is 24.6 Å². The van der Waals surface area contributed by atoms with Crippen LogP contribution in [0.5, 0.6) is 0 Å². The van der Waals surface area contributed by atoms with Gasteiger partial charge in [0, 0.05) is 5.75 Å². The minimum atomic E-state index is -1.24. The molecule has 0 fully saturated rings. The van der Waals surface area contributed by atoms with Crippen molar-refractivity contribution in [1.29, 1.82) is 0 Å². The molecule has 0 nitrogen and oxygen atoms in total. The third kappa shape index (κ3) is 5.06. The van der Waals surface area contributed by atoms with Gasteiger partial charge in [0.1, 0.15) is 0 Å². The number of rotatable bonds is 4. The lowest BCUT2D eigenvalue weighted by atomic mass is 10.4. The van der Waals surface area contributed by atoms with Crippen LogP contribution >= 0.6 is 23.4 Å². The molecule has 0 bridgehead atoms. The maximum Gasteiger partial charge on any atom is 0.231 e. The average molecular weight is 187 g/mol. The molecule has 0 aliphatic carbocycles. The molecule has 0 aromatic rings. The van der Waals surface area contributed by atoms with Gasteiger partial charge < -0.3 is 0 Å². The Labute approximate surface area is 68.6 Å². The van der Waals surface area contributed by atoms with Crippen LogP contribution < -0.4 is 0 Å². The molecule has 0 N–H and O–H groups in total. The molecular weight excluding hydrogens is 178 g/mol. The van der Waals surface area contributed by atoms with Crippen molar-refractivity contribution in [3.8, 4) is 0 Å². The number of halogens is 3. The highest BCUT2D eigenvalue weighted by Crippen LogP contribution is 2.25. The van der Waals surface area contributed by atoms with Gasteiger partial charge in [-0.1, -0.05) is 25.1 Å². The fourth-order valence-corrected chi connectivity index (χ4v) is 1.25. The van der Waals surface area contributed by atoms with Gasteiger partial charge in [-0.05, 0) is 18.0 Å². The zero-order valence-electron chi connectivity index (χ0n) is 5.66. The lowest BCUT2D eigenvalue weighted by Gasteiger charge is -1.94. The van der Waals surface area contributed by atoms with E-state index >= 15 is 0 Å². The zero-order chi connectivity index (χ0) is 7.98. The Morgan fingerprint density at radius 1 is 1.50 bits per heavy atom. The molecule has 0 radical (unpaired) electrons. The highest BCUT2D eigenvalue weighted by atomic mass is 35.5. The molecule has 0 aromatic heterocycles. The summed E-state index contributed by atoms with van der Waals surface area (Å²) in [5, 5.41) is -2.14. The fraction of sp³-hybridized carbons (Fsp3) is 0.667. The predicted octanol–water partition coefficient (Wildman–Crippen LogP) is 3.82. The molecule has 0 saturated carbocycles. The van der Waals surface area contributed by atoms with Gasteiger partial charge in [0.2, 0.25) is 10.4 Å². The monoisotopic (exact) mass is 186 g/mol. The number of unbranched alkanes of at least 4 members (excludes halogenated alkanes) is 1. The van der Waals surface area contributed by atoms with Gasteiger partial charge in [-0.15, -0.1) is 0 Å². The van der Waals surface area contributed by atoms with E-state index in [1.807, 2.05) is 6.92 Å². The summed E-state index contributed by atoms with van der Waals surface area (Å²) < 4.78 is 24.0. The Bertz CT molecular complexity index is 121. The molecule has 0 aliphatic heterocycles. The summed E-state index contributed by atoms with van der Waals surface area (Å²) in [5.74, 6) is 0.586. The zero-order valence-corrected chi connectivity index (χ0v) is 7.24. The molecule has 4 heteroatoms. The van der Waals surface area contributed by atoms with Crippen molar-refractivity contribution >= 4 is 23.4 Å². The molecule has 0 rings (SSSR count). The van der Waals surface area contributed by atoms with Gasteiger partial charge in [0.15, 0.2) is 0 Å². The van der Waals surface area contributed by atoms with E-state index in [4.69, 9.17) is 11.6 Å². The maximum atomic E-state index is 12.2. The normalized spacial score (nSPS) is 13.2. The quantitative estimate of drug-likeness (QED) is 0.602. The van der Waals surface area contributed by atoms with Gasteiger partial charge in [0.05, 0.1) is 0 Å². The van der Waals surface area contributed by atoms with Crippen molar-refractivity contribution in [2.24, 2.45) is 0 Å². The molecule has 0 aromatic carbocycles. The van der Waals surface area contributed by atoms with E-state index in [0.29, 0.717) is 5.75 Å². The topological polar surface area (TPSA) is 0 Å². The van der Waals surface area contributed by atoms with Crippen LogP contribution in [0.3, 0.4) is 0 Å². The van der Waals surface area contributed by atoms with Gasteiger partial charge in [-0.25, -0.2) is 0 Å². The molecule has 0 unspecified atom stereocenters. The van der Waals surface area contributed by atoms with Crippen molar-refractivity contribution in [3.63, 3.8) is 0 Å². The molecule has 10 heavy (non-hydrogen) atoms. The van der Waals surface area contributed by atoms with Crippen LogP contribution in [0, 0.1) is 0 Å². The van der Waals surface area contributed by atoms with Crippen molar-refractivity contribution < 1.29 is 8.78 Å². The van der Waals surface area contributed by atoms with Crippen molar-refractivity contribution in [2.75, 3.05) is 5.75 Å². The highest BCUT2D eigenvalue weighted by Gasteiger charge is 2.01. The summed E-state index contributed by atoms with van der Waals surface area (Å²) in [6.07, 6.45) is 1.85. The lowest BCUT2D eigenvalue weighted by molar-refractivity contribution is 0.612. The van der Waals surface area contributed by atoms with E-state index in [1.165, 1.54) is 0 Å². The van der Waals surface area contributed by atoms with Crippen molar-refractivity contribution in [1.82, 2.24) is 0 Å². The SMILES string of the molecule is CCCCSC(F)=C(F)Cl. The molecule has 0 spiro atoms. The maximum absolute atomic E-state index is 12.2. The first kappa shape index (κ1) is 10.2. The van der Waals surface area contributed by atoms with Crippen LogP contribution in [0.2, 0.25) is 0 Å². The smallest absolute Gasteiger partial charge is 0.195 e. The average Bonchev–Trinajstić information content (AvgIpc) is 1.88. The van der Waals surface area contributed by atoms with E-state index < -0.39 is 10.4 Å². The van der Waals surface area contributed by atoms with E-state index in [-0.39, 0.29) is 0 Å². The second kappa shape index (κ2) is 5.98. The summed E-state index contributed by atoms with van der Waals surface area (Å²) in [7, 11) is 0. The largest absolute Gasteiger partial charge is 0.231 e. The number of thioether (sulfide) groups is 1. The molecule has 0 amide bonds. The number of hydrogen-bond acceptors (Lipinski definition) is 1. The summed E-state index contributed by atoms with van der Waals surface area (Å²) >= 11 is 5.54. The Morgan fingerprint density at radius 2 is 2.10 bits per heavy atom. The van der Waals surface area contributed by atoms with Crippen molar-refractivity contribution in [2.45, 2.75) is 19.8 Å². The van der Waals surface area contributed by atoms with Gasteiger partial charge in [-0.2, -0.15) is 8.78 Å². The van der Waals surface area contributed by atoms with Crippen LogP contribution in [0.4, 0.5) is 8.78 Å². The third-order valence-electron chi connectivity index (χ3n) is 0.875. The predicted molar refractivity (Wildman–Crippen MR) is 42.5 cm³/mol. The van der Waals surface area contributed by atoms with E-state index in [2.05, 4.69) is 0 Å². The molecule has 0 saturated heterocycles. The lowest BCUT2D eigenvalue weighted by Crippen LogP contribution is -1.76. The molecular formula is C6H9ClF2S. The van der Waals surface area contributed by atoms with Crippen molar-refractivity contribution in [3.05, 3.63) is 10.4 Å². The van der Waals surface area contributed by atoms with E-state index in [9.17, 15) is 8.78 Å². The molecule has 0 heterocycles. The minimum Gasteiger partial charge on any atom is -0.195 e. The summed E-state index contributed by atoms with van der Waals surface area (Å²) in [6, 6.07) is 0. The van der Waals surface area contributed by atoms with Gasteiger partial charge in [-0.3, -0.25) is 0 Å². The highest BCUT2D eigenvalue weighted by molar-refractivity contribution is 8.02. The fourth-order valence-electron chi connectivity index (χ4n) is 0.361. The second-order valence-corrected chi connectivity index (χ2v) is 3.12. The first-order valence-electron chi connectivity index (χ1n) is 3.02. The van der Waals surface area contributed by atoms with Crippen LogP contribution in [-0.4, -0.2) is 5.75 Å². The molecule has 0 atom stereocenters. The number of hydrogen-bond donors (Lipinski definition) is 0. The standard InChI is InChI=1S/C6H9ClF2S/c1-2-3-4-10-6(9)5(7)8/h2-4H2,1H3. The minimum absolute atomic E-state index is 0.586. The van der Waals surface area contributed by atoms with Gasteiger partial charge >= 0.3 is 0 Å². The van der Waals surface area contributed by atoms with E-state index in [1.54, 1.807) is 0 Å². The third-order valence-corrected chi connectivity index (χ3v) is 2.08. The Morgan fingerprint density at radius 3 is 2.50 bits per heavy atom. The second-order valence-electron chi connectivity index (χ2n) is 1.74.